The molecule has 10 nitrogen and oxygen atoms in total. The van der Waals surface area contributed by atoms with Gasteiger partial charge in [-0.15, -0.1) is 0 Å². The maximum atomic E-state index is 11.7. The topological polar surface area (TPSA) is 194 Å². The van der Waals surface area contributed by atoms with Crippen LogP contribution >= 0.6 is 0 Å². The van der Waals surface area contributed by atoms with Crippen LogP contribution in [0.5, 0.6) is 0 Å². The zero-order valence-electron chi connectivity index (χ0n) is 13.1. The van der Waals surface area contributed by atoms with Gasteiger partial charge in [-0.1, -0.05) is 6.42 Å². The Bertz CT molecular complexity index is 406. The van der Waals surface area contributed by atoms with E-state index in [9.17, 15) is 14.4 Å². The molecule has 0 aromatic heterocycles. The number of nitrogens with two attached hydrogens (primary N) is 4. The molecule has 0 unspecified atom stereocenters. The van der Waals surface area contributed by atoms with Gasteiger partial charge in [0.05, 0.1) is 6.61 Å². The van der Waals surface area contributed by atoms with Crippen molar-refractivity contribution >= 4 is 17.9 Å². The van der Waals surface area contributed by atoms with E-state index in [0.29, 0.717) is 25.8 Å². The Labute approximate surface area is 134 Å². The van der Waals surface area contributed by atoms with Crippen molar-refractivity contribution in [2.24, 2.45) is 22.9 Å². The Morgan fingerprint density at radius 3 is 2.13 bits per heavy atom. The predicted molar refractivity (Wildman–Crippen MR) is 80.6 cm³/mol. The van der Waals surface area contributed by atoms with Gasteiger partial charge in [0.25, 0.3) is 0 Å². The average molecular weight is 334 g/mol. The zero-order valence-corrected chi connectivity index (χ0v) is 13.1. The summed E-state index contributed by atoms with van der Waals surface area (Å²) in [5, 5.41) is 8.72. The van der Waals surface area contributed by atoms with Gasteiger partial charge in [0.2, 0.25) is 0 Å². The molecule has 4 atom stereocenters. The molecule has 0 spiro atoms. The van der Waals surface area contributed by atoms with Gasteiger partial charge in [-0.3, -0.25) is 4.79 Å². The Hall–Kier alpha value is -1.59. The maximum Gasteiger partial charge on any atom is 0.334 e. The molecule has 134 valence electrons. The van der Waals surface area contributed by atoms with Crippen molar-refractivity contribution in [2.45, 2.75) is 50.4 Å². The number of ether oxygens (including phenoxy) is 2. The van der Waals surface area contributed by atoms with Crippen molar-refractivity contribution in [1.82, 2.24) is 0 Å². The van der Waals surface area contributed by atoms with E-state index in [4.69, 9.17) is 32.8 Å². The van der Waals surface area contributed by atoms with Gasteiger partial charge < -0.3 is 37.5 Å². The largest absolute Gasteiger partial charge is 0.459 e. The number of rotatable bonds is 10. The molecule has 0 saturated carbocycles. The Balaban J connectivity index is 4.37. The fourth-order valence-electron chi connectivity index (χ4n) is 1.48. The van der Waals surface area contributed by atoms with E-state index in [1.807, 2.05) is 0 Å². The fraction of sp³-hybridized carbons (Fsp3) is 0.769. The normalized spacial score (nSPS) is 16.1. The van der Waals surface area contributed by atoms with Crippen LogP contribution in [-0.4, -0.2) is 60.4 Å². The number of esters is 3. The van der Waals surface area contributed by atoms with E-state index in [2.05, 4.69) is 4.74 Å². The molecule has 0 aromatic carbocycles. The minimum Gasteiger partial charge on any atom is -0.459 e. The summed E-state index contributed by atoms with van der Waals surface area (Å²) >= 11 is 0. The van der Waals surface area contributed by atoms with Gasteiger partial charge in [-0.2, -0.15) is 0 Å². The van der Waals surface area contributed by atoms with Crippen LogP contribution in [0.15, 0.2) is 0 Å². The molecule has 0 radical (unpaired) electrons. The Morgan fingerprint density at radius 2 is 1.61 bits per heavy atom. The highest BCUT2D eigenvalue weighted by atomic mass is 16.6. The first-order valence-corrected chi connectivity index (χ1v) is 7.28. The van der Waals surface area contributed by atoms with E-state index in [1.165, 1.54) is 6.92 Å². The average Bonchev–Trinajstić information content (AvgIpc) is 2.52. The lowest BCUT2D eigenvalue weighted by Crippen LogP contribution is -2.48. The van der Waals surface area contributed by atoms with E-state index in [1.54, 1.807) is 0 Å². The summed E-state index contributed by atoms with van der Waals surface area (Å²) in [7, 11) is 0. The lowest BCUT2D eigenvalue weighted by molar-refractivity contribution is -0.165. The molecule has 0 aliphatic carbocycles. The van der Waals surface area contributed by atoms with Crippen molar-refractivity contribution in [1.29, 1.82) is 0 Å². The number of carbonyl (C=O) groups is 3. The predicted octanol–water partition coefficient (Wildman–Crippen LogP) is -2.91. The van der Waals surface area contributed by atoms with Crippen LogP contribution in [0.4, 0.5) is 0 Å². The summed E-state index contributed by atoms with van der Waals surface area (Å²) in [5.41, 5.74) is 21.7. The van der Waals surface area contributed by atoms with Gasteiger partial charge in [-0.25, -0.2) is 9.59 Å². The first-order valence-electron chi connectivity index (χ1n) is 7.28. The second kappa shape index (κ2) is 11.0. The second-order valence-electron chi connectivity index (χ2n) is 5.09. The molecule has 0 aliphatic heterocycles. The van der Waals surface area contributed by atoms with E-state index < -0.39 is 48.7 Å². The molecule has 10 heteroatoms. The third-order valence-electron chi connectivity index (χ3n) is 3.05. The minimum atomic E-state index is -1.38. The van der Waals surface area contributed by atoms with Crippen LogP contribution in [-0.2, 0) is 23.9 Å². The van der Waals surface area contributed by atoms with Crippen LogP contribution < -0.4 is 22.9 Å². The maximum absolute atomic E-state index is 11.7. The van der Waals surface area contributed by atoms with Crippen molar-refractivity contribution in [3.8, 4) is 0 Å². The van der Waals surface area contributed by atoms with Gasteiger partial charge in [0.1, 0.15) is 24.2 Å². The molecule has 0 aromatic rings. The lowest BCUT2D eigenvalue weighted by atomic mass is 10.1. The standard InChI is InChI=1S/C13H26N4O6/c1-7(22-12(20)9(16)6-18)10(17)13(21)23-11(19)8(15)4-2-3-5-14/h7-10,18H,2-6,14-17H2,1H3/t7-,8+,9+,10+/m1/s1. The van der Waals surface area contributed by atoms with Crippen LogP contribution in [0, 0.1) is 0 Å². The molecule has 0 heterocycles. The van der Waals surface area contributed by atoms with Crippen molar-refractivity contribution < 1.29 is 29.0 Å². The smallest absolute Gasteiger partial charge is 0.334 e. The number of carbonyl (C=O) groups excluding carboxylic acids is 3. The van der Waals surface area contributed by atoms with Gasteiger partial charge in [0.15, 0.2) is 0 Å². The molecule has 23 heavy (non-hydrogen) atoms. The Kier molecular flexibility index (Phi) is 10.3. The quantitative estimate of drug-likeness (QED) is 0.157. The molecular weight excluding hydrogens is 308 g/mol. The van der Waals surface area contributed by atoms with Crippen LogP contribution in [0.25, 0.3) is 0 Å². The molecule has 0 fully saturated rings. The van der Waals surface area contributed by atoms with Crippen LogP contribution in [0.3, 0.4) is 0 Å². The third kappa shape index (κ3) is 8.00. The molecule has 0 amide bonds. The Morgan fingerprint density at radius 1 is 1.00 bits per heavy atom. The van der Waals surface area contributed by atoms with Gasteiger partial charge >= 0.3 is 17.9 Å². The zero-order chi connectivity index (χ0) is 18.0. The molecule has 0 rings (SSSR count). The van der Waals surface area contributed by atoms with Crippen LogP contribution in [0.1, 0.15) is 26.2 Å². The summed E-state index contributed by atoms with van der Waals surface area (Å²) in [5.74, 6) is -2.90. The molecular formula is C13H26N4O6. The summed E-state index contributed by atoms with van der Waals surface area (Å²) in [6.45, 7) is 1.20. The second-order valence-corrected chi connectivity index (χ2v) is 5.09. The van der Waals surface area contributed by atoms with Crippen molar-refractivity contribution in [2.75, 3.05) is 13.2 Å². The number of unbranched alkanes of at least 4 members (excludes halogenated alkanes) is 1. The highest BCUT2D eigenvalue weighted by molar-refractivity contribution is 5.91. The van der Waals surface area contributed by atoms with Gasteiger partial charge in [0, 0.05) is 0 Å². The lowest BCUT2D eigenvalue weighted by Gasteiger charge is -2.20. The third-order valence-corrected chi connectivity index (χ3v) is 3.05. The highest BCUT2D eigenvalue weighted by Gasteiger charge is 2.30. The van der Waals surface area contributed by atoms with Crippen molar-refractivity contribution in [3.05, 3.63) is 0 Å². The number of aliphatic hydroxyl groups is 1. The monoisotopic (exact) mass is 334 g/mol. The van der Waals surface area contributed by atoms with Gasteiger partial charge in [-0.05, 0) is 26.3 Å². The molecule has 0 bridgehead atoms. The highest BCUT2D eigenvalue weighted by Crippen LogP contribution is 2.04. The first-order chi connectivity index (χ1) is 10.7. The van der Waals surface area contributed by atoms with E-state index in [-0.39, 0.29) is 0 Å². The summed E-state index contributed by atoms with van der Waals surface area (Å²) in [4.78, 5) is 34.7. The van der Waals surface area contributed by atoms with E-state index in [0.717, 1.165) is 0 Å². The van der Waals surface area contributed by atoms with Crippen molar-refractivity contribution in [3.63, 3.8) is 0 Å². The molecule has 0 saturated heterocycles. The number of hydrogen-bond acceptors (Lipinski definition) is 10. The first kappa shape index (κ1) is 21.4. The molecule has 0 aliphatic rings. The molecule has 9 N–H and O–H groups in total. The van der Waals surface area contributed by atoms with Crippen LogP contribution in [0.2, 0.25) is 0 Å². The number of hydrogen-bond donors (Lipinski definition) is 5. The summed E-state index contributed by atoms with van der Waals surface area (Å²) in [6, 6.07) is -3.58. The summed E-state index contributed by atoms with van der Waals surface area (Å²) < 4.78 is 9.36. The SMILES string of the molecule is C[C@@H](OC(=O)[C@@H](N)CO)[C@H](N)C(=O)OC(=O)[C@@H](N)CCCCN. The summed E-state index contributed by atoms with van der Waals surface area (Å²) in [6.07, 6.45) is 0.565. The van der Waals surface area contributed by atoms with E-state index >= 15 is 0 Å². The minimum absolute atomic E-state index is 0.328. The fourth-order valence-corrected chi connectivity index (χ4v) is 1.48. The number of aliphatic hydroxyl groups excluding tert-OH is 1.